The van der Waals surface area contributed by atoms with Gasteiger partial charge in [-0.15, -0.1) is 0 Å². The standard InChI is InChI=1S/C36H76B.C12H2F8.C10H23N/c1-9-17-21-33(13-5)25-29-37(30-26-34(14-6)22-18-10-2,31-27-35(15-7)23-19-11-3)32-28-36(16-8)24-20-12-4;13-4-2-1-3(6(14)7(4)15)5-8(16)10(18)12(20)11(19)9(5)17;1-4-6-8-11-9-10(3)7-5-2/h33-36H,9-32H2,1-8H3;1-2H;10-11H,4-9H2,1-3H3/q-1;;/p+1. The lowest BCUT2D eigenvalue weighted by Crippen LogP contribution is -2.85. The summed E-state index contributed by atoms with van der Waals surface area (Å²) in [7, 11) is 0. The minimum atomic E-state index is -2.44. The minimum Gasteiger partial charge on any atom is -0.346 e. The number of quaternary nitrogens is 1. The maximum Gasteiger partial charge on any atom is 0.200 e. The van der Waals surface area contributed by atoms with Crippen molar-refractivity contribution in [3.8, 4) is 11.1 Å². The first-order valence-corrected chi connectivity index (χ1v) is 28.2. The van der Waals surface area contributed by atoms with E-state index in [0.717, 1.165) is 29.6 Å². The second kappa shape index (κ2) is 39.5. The summed E-state index contributed by atoms with van der Waals surface area (Å²) >= 11 is 0. The summed E-state index contributed by atoms with van der Waals surface area (Å²) in [5.41, 5.74) is -2.95. The molecule has 2 rings (SSSR count). The van der Waals surface area contributed by atoms with E-state index in [4.69, 9.17) is 0 Å². The number of benzene rings is 2. The maximum absolute atomic E-state index is 13.4. The smallest absolute Gasteiger partial charge is 0.200 e. The number of nitrogens with two attached hydrogens (primary N) is 1. The Hall–Kier alpha value is -2.10. The van der Waals surface area contributed by atoms with E-state index >= 15 is 0 Å². The average molecular weight is 976 g/mol. The van der Waals surface area contributed by atoms with Crippen LogP contribution >= 0.6 is 0 Å². The molecule has 0 spiro atoms. The highest BCUT2D eigenvalue weighted by Gasteiger charge is 2.30. The van der Waals surface area contributed by atoms with Gasteiger partial charge in [0.15, 0.2) is 40.7 Å². The molecule has 0 saturated carbocycles. The zero-order valence-electron chi connectivity index (χ0n) is 45.4. The number of halogens is 8. The highest BCUT2D eigenvalue weighted by Crippen LogP contribution is 2.40. The third kappa shape index (κ3) is 25.3. The van der Waals surface area contributed by atoms with E-state index in [-0.39, 0.29) is 6.15 Å². The van der Waals surface area contributed by atoms with Gasteiger partial charge in [0.05, 0.1) is 18.7 Å². The minimum absolute atomic E-state index is 0.236. The molecule has 0 saturated heterocycles. The molecule has 398 valence electrons. The topological polar surface area (TPSA) is 16.6 Å². The van der Waals surface area contributed by atoms with Gasteiger partial charge < -0.3 is 5.32 Å². The molecule has 68 heavy (non-hydrogen) atoms. The van der Waals surface area contributed by atoms with Crippen LogP contribution in [0.3, 0.4) is 0 Å². The Kier molecular flexibility index (Phi) is 38.3. The number of unbranched alkanes of at least 4 members (excludes halogenated alkanes) is 5. The Balaban J connectivity index is 0.00000119. The highest BCUT2D eigenvalue weighted by atomic mass is 19.2. The van der Waals surface area contributed by atoms with E-state index in [1.54, 1.807) is 25.3 Å². The highest BCUT2D eigenvalue weighted by molar-refractivity contribution is 6.79. The van der Waals surface area contributed by atoms with Gasteiger partial charge in [-0.05, 0) is 48.6 Å². The largest absolute Gasteiger partial charge is 0.346 e. The third-order valence-corrected chi connectivity index (χ3v) is 15.5. The lowest BCUT2D eigenvalue weighted by atomic mass is 9.16. The first kappa shape index (κ1) is 65.9. The van der Waals surface area contributed by atoms with E-state index in [9.17, 15) is 35.1 Å². The number of hydrogen-bond acceptors (Lipinski definition) is 0. The van der Waals surface area contributed by atoms with Crippen LogP contribution in [0.1, 0.15) is 230 Å². The van der Waals surface area contributed by atoms with Crippen LogP contribution in [0, 0.1) is 76.1 Å². The molecule has 0 aliphatic rings. The van der Waals surface area contributed by atoms with Crippen molar-refractivity contribution in [1.82, 2.24) is 0 Å². The summed E-state index contributed by atoms with van der Waals surface area (Å²) in [4.78, 5) is 0. The second-order valence-corrected chi connectivity index (χ2v) is 20.9. The van der Waals surface area contributed by atoms with Gasteiger partial charge in [-0.1, -0.05) is 217 Å². The average Bonchev–Trinajstić information content (AvgIpc) is 3.34. The van der Waals surface area contributed by atoms with Crippen LogP contribution in [0.2, 0.25) is 25.3 Å². The molecule has 0 fully saturated rings. The van der Waals surface area contributed by atoms with Crippen LogP contribution in [0.4, 0.5) is 35.1 Å². The Bertz CT molecular complexity index is 1440. The van der Waals surface area contributed by atoms with Crippen LogP contribution in [0.25, 0.3) is 11.1 Å². The molecule has 5 atom stereocenters. The van der Waals surface area contributed by atoms with Crippen molar-refractivity contribution in [1.29, 1.82) is 0 Å². The van der Waals surface area contributed by atoms with Crippen molar-refractivity contribution in [2.24, 2.45) is 29.6 Å². The van der Waals surface area contributed by atoms with Crippen LogP contribution in [0.15, 0.2) is 12.1 Å². The predicted molar refractivity (Wildman–Crippen MR) is 279 cm³/mol. The fraction of sp³-hybridized carbons (Fsp3) is 0.793. The normalized spacial score (nSPS) is 14.6. The Morgan fingerprint density at radius 3 is 1.07 bits per heavy atom. The van der Waals surface area contributed by atoms with Gasteiger partial charge in [0.1, 0.15) is 0 Å². The number of rotatable bonds is 36. The third-order valence-electron chi connectivity index (χ3n) is 15.5. The quantitative estimate of drug-likeness (QED) is 0.0230. The maximum atomic E-state index is 13.4. The molecule has 5 unspecified atom stereocenters. The van der Waals surface area contributed by atoms with Gasteiger partial charge in [0.2, 0.25) is 5.82 Å². The van der Waals surface area contributed by atoms with Crippen LogP contribution < -0.4 is 5.32 Å². The lowest BCUT2D eigenvalue weighted by Gasteiger charge is -2.44. The van der Waals surface area contributed by atoms with Crippen LogP contribution in [-0.2, 0) is 0 Å². The first-order valence-electron chi connectivity index (χ1n) is 28.2. The zero-order chi connectivity index (χ0) is 51.5. The van der Waals surface area contributed by atoms with Crippen LogP contribution in [0.5, 0.6) is 0 Å². The fourth-order valence-corrected chi connectivity index (χ4v) is 10.3. The van der Waals surface area contributed by atoms with Crippen molar-refractivity contribution in [3.63, 3.8) is 0 Å². The van der Waals surface area contributed by atoms with Crippen molar-refractivity contribution >= 4 is 6.15 Å². The zero-order valence-corrected chi connectivity index (χ0v) is 45.4. The molecule has 0 aliphatic carbocycles. The summed E-state index contributed by atoms with van der Waals surface area (Å²) in [5.74, 6) is -12.7. The molecule has 0 aromatic heterocycles. The van der Waals surface area contributed by atoms with Gasteiger partial charge in [0.25, 0.3) is 0 Å². The molecule has 0 heterocycles. The predicted octanol–water partition coefficient (Wildman–Crippen LogP) is 20.1. The monoisotopic (exact) mass is 976 g/mol. The molecule has 2 aromatic rings. The molecular weight excluding hydrogens is 873 g/mol. The van der Waals surface area contributed by atoms with E-state index < -0.39 is 57.7 Å². The van der Waals surface area contributed by atoms with E-state index in [1.807, 2.05) is 0 Å². The van der Waals surface area contributed by atoms with E-state index in [0.29, 0.717) is 12.1 Å². The van der Waals surface area contributed by atoms with Gasteiger partial charge in [0, 0.05) is 17.6 Å². The molecule has 0 amide bonds. The molecule has 0 aliphatic heterocycles. The molecule has 2 aromatic carbocycles. The molecule has 1 nitrogen and oxygen atoms in total. The Morgan fingerprint density at radius 2 is 0.750 bits per heavy atom. The van der Waals surface area contributed by atoms with Gasteiger partial charge in [-0.3, -0.25) is 0 Å². The van der Waals surface area contributed by atoms with Crippen molar-refractivity contribution in [2.75, 3.05) is 13.1 Å². The summed E-state index contributed by atoms with van der Waals surface area (Å²) in [5, 5.41) is 2.46. The Labute approximate surface area is 413 Å². The lowest BCUT2D eigenvalue weighted by molar-refractivity contribution is -0.660. The molecule has 10 heteroatoms. The van der Waals surface area contributed by atoms with Crippen molar-refractivity contribution in [2.45, 2.75) is 256 Å². The summed E-state index contributed by atoms with van der Waals surface area (Å²) in [6, 6.07) is 0.665. The molecule has 0 bridgehead atoms. The van der Waals surface area contributed by atoms with Crippen molar-refractivity contribution < 1.29 is 40.4 Å². The van der Waals surface area contributed by atoms with Crippen LogP contribution in [-0.4, -0.2) is 19.2 Å². The number of hydrogen-bond donors (Lipinski definition) is 1. The summed E-state index contributed by atoms with van der Waals surface area (Å²) < 4.78 is 105. The molecule has 0 radical (unpaired) electrons. The van der Waals surface area contributed by atoms with E-state index in [2.05, 4.69) is 81.5 Å². The first-order chi connectivity index (χ1) is 32.5. The fourth-order valence-electron chi connectivity index (χ4n) is 10.3. The van der Waals surface area contributed by atoms with Crippen molar-refractivity contribution in [3.05, 3.63) is 58.7 Å². The van der Waals surface area contributed by atoms with Gasteiger partial charge in [-0.2, -0.15) is 25.3 Å². The van der Waals surface area contributed by atoms with Gasteiger partial charge in [-0.25, -0.2) is 35.1 Å². The summed E-state index contributed by atoms with van der Waals surface area (Å²) in [6.45, 7) is 28.9. The van der Waals surface area contributed by atoms with E-state index in [1.165, 1.54) is 167 Å². The molecular formula is C58H102BF8N. The Morgan fingerprint density at radius 1 is 0.397 bits per heavy atom. The second-order valence-electron chi connectivity index (χ2n) is 20.9. The van der Waals surface area contributed by atoms with Gasteiger partial charge >= 0.3 is 0 Å². The molecule has 2 N–H and O–H groups in total. The summed E-state index contributed by atoms with van der Waals surface area (Å²) in [6.07, 6.45) is 40.4. The SMILES string of the molecule is CCCCC(CC)CC[B-](CCC(CC)CCCC)(CCC(CC)CCCC)CCC(CC)CCCC.CCCC[NH2+]CC(C)CCC.Fc1ccc(-c2c(F)c(F)c(F)c(F)c2F)c(F)c1F.